The van der Waals surface area contributed by atoms with Gasteiger partial charge in [-0.1, -0.05) is 37.6 Å². The minimum absolute atomic E-state index is 0.0261. The maximum Gasteiger partial charge on any atom is 0.245 e. The second kappa shape index (κ2) is 10.8. The minimum Gasteiger partial charge on any atom is -0.363 e. The number of aromatic nitrogens is 2. The van der Waals surface area contributed by atoms with Gasteiger partial charge in [-0.05, 0) is 38.0 Å². The Hall–Kier alpha value is -2.91. The van der Waals surface area contributed by atoms with Crippen LogP contribution in [0.25, 0.3) is 0 Å². The lowest BCUT2D eigenvalue weighted by Crippen LogP contribution is -2.45. The number of rotatable bonds is 8. The Bertz CT molecular complexity index is 1060. The van der Waals surface area contributed by atoms with Gasteiger partial charge in [-0.3, -0.25) is 9.59 Å². The van der Waals surface area contributed by atoms with Gasteiger partial charge in [-0.15, -0.1) is 0 Å². The number of nitrogens with zero attached hydrogens (tertiary/aromatic N) is 4. The molecule has 9 nitrogen and oxygen atoms in total. The topological polar surface area (TPSA) is 102 Å². The van der Waals surface area contributed by atoms with Crippen LogP contribution in [0, 0.1) is 0 Å². The van der Waals surface area contributed by atoms with E-state index in [0.29, 0.717) is 36.3 Å². The number of benzene rings is 1. The zero-order chi connectivity index (χ0) is 25.1. The molecule has 10 heteroatoms. The first-order valence-electron chi connectivity index (χ1n) is 12.2. The second-order valence-corrected chi connectivity index (χ2v) is 9.90. The third-order valence-electron chi connectivity index (χ3n) is 6.77. The van der Waals surface area contributed by atoms with E-state index in [9.17, 15) is 9.59 Å². The van der Waals surface area contributed by atoms with E-state index < -0.39 is 0 Å². The molecule has 1 aromatic heterocycles. The molecule has 4 rings (SSSR count). The molecule has 0 aliphatic carbocycles. The Kier molecular flexibility index (Phi) is 7.76. The van der Waals surface area contributed by atoms with Gasteiger partial charge in [0.05, 0.1) is 12.5 Å². The van der Waals surface area contributed by atoms with Gasteiger partial charge in [0, 0.05) is 42.8 Å². The Labute approximate surface area is 211 Å². The van der Waals surface area contributed by atoms with Gasteiger partial charge in [-0.25, -0.2) is 9.97 Å². The van der Waals surface area contributed by atoms with Gasteiger partial charge < -0.3 is 25.8 Å². The highest BCUT2D eigenvalue weighted by Gasteiger charge is 2.38. The number of nitrogens with one attached hydrogen (secondary N) is 3. The molecule has 2 aromatic rings. The van der Waals surface area contributed by atoms with Crippen LogP contribution in [0.15, 0.2) is 30.6 Å². The molecule has 1 aromatic carbocycles. The van der Waals surface area contributed by atoms with E-state index in [1.807, 2.05) is 41.0 Å². The van der Waals surface area contributed by atoms with Crippen LogP contribution in [0.4, 0.5) is 17.3 Å². The van der Waals surface area contributed by atoms with E-state index in [0.717, 1.165) is 17.7 Å². The Morgan fingerprint density at radius 3 is 2.69 bits per heavy atom. The zero-order valence-electron chi connectivity index (χ0n) is 20.7. The highest BCUT2D eigenvalue weighted by molar-refractivity contribution is 6.30. The summed E-state index contributed by atoms with van der Waals surface area (Å²) in [4.78, 5) is 38.5. The summed E-state index contributed by atoms with van der Waals surface area (Å²) in [6, 6.07) is 7.80. The van der Waals surface area contributed by atoms with E-state index in [-0.39, 0.29) is 42.4 Å². The summed E-state index contributed by atoms with van der Waals surface area (Å²) < 4.78 is 0. The highest BCUT2D eigenvalue weighted by Crippen LogP contribution is 2.35. The summed E-state index contributed by atoms with van der Waals surface area (Å²) in [6.07, 6.45) is 2.26. The number of carbonyl (C=O) groups is 2. The molecule has 188 valence electrons. The van der Waals surface area contributed by atoms with Crippen molar-refractivity contribution in [1.82, 2.24) is 20.2 Å². The molecule has 2 aliphatic heterocycles. The number of anilines is 3. The first-order chi connectivity index (χ1) is 16.8. The van der Waals surface area contributed by atoms with Crippen molar-refractivity contribution in [1.29, 1.82) is 0 Å². The van der Waals surface area contributed by atoms with E-state index in [2.05, 4.69) is 46.7 Å². The first kappa shape index (κ1) is 25.2. The molecule has 3 heterocycles. The van der Waals surface area contributed by atoms with Crippen LogP contribution in [0.3, 0.4) is 0 Å². The van der Waals surface area contributed by atoms with E-state index in [1.165, 1.54) is 6.33 Å². The summed E-state index contributed by atoms with van der Waals surface area (Å²) in [5.41, 5.74) is 1.75. The van der Waals surface area contributed by atoms with E-state index >= 15 is 0 Å². The maximum atomic E-state index is 13.8. The average molecular weight is 500 g/mol. The number of halogens is 1. The molecule has 1 fully saturated rings. The van der Waals surface area contributed by atoms with Gasteiger partial charge in [0.2, 0.25) is 11.8 Å². The molecule has 2 amide bonds. The third-order valence-corrected chi connectivity index (χ3v) is 7.03. The molecule has 0 radical (unpaired) electrons. The quantitative estimate of drug-likeness (QED) is 0.513. The van der Waals surface area contributed by atoms with Crippen molar-refractivity contribution in [3.05, 3.63) is 41.2 Å². The third kappa shape index (κ3) is 5.51. The zero-order valence-corrected chi connectivity index (χ0v) is 21.5. The van der Waals surface area contributed by atoms with Crippen LogP contribution in [-0.4, -0.2) is 71.0 Å². The minimum atomic E-state index is -0.298. The van der Waals surface area contributed by atoms with Crippen LogP contribution >= 0.6 is 11.6 Å². The Balaban J connectivity index is 1.52. The summed E-state index contributed by atoms with van der Waals surface area (Å²) in [5, 5.41) is 10.5. The predicted molar refractivity (Wildman–Crippen MR) is 139 cm³/mol. The van der Waals surface area contributed by atoms with Crippen molar-refractivity contribution in [3.63, 3.8) is 0 Å². The van der Waals surface area contributed by atoms with Gasteiger partial charge in [0.1, 0.15) is 12.0 Å². The van der Waals surface area contributed by atoms with Crippen molar-refractivity contribution in [2.75, 3.05) is 41.7 Å². The molecule has 0 spiro atoms. The number of fused-ring (bicyclic) bond motifs is 1. The van der Waals surface area contributed by atoms with Gasteiger partial charge in [0.25, 0.3) is 0 Å². The van der Waals surface area contributed by atoms with Crippen molar-refractivity contribution < 1.29 is 9.59 Å². The predicted octanol–water partition coefficient (Wildman–Crippen LogP) is 3.09. The monoisotopic (exact) mass is 499 g/mol. The van der Waals surface area contributed by atoms with Gasteiger partial charge >= 0.3 is 0 Å². The number of hydrogen-bond donors (Lipinski definition) is 3. The lowest BCUT2D eigenvalue weighted by Gasteiger charge is -2.32. The van der Waals surface area contributed by atoms with E-state index in [4.69, 9.17) is 11.6 Å². The fourth-order valence-corrected chi connectivity index (χ4v) is 4.91. The summed E-state index contributed by atoms with van der Waals surface area (Å²) in [6.45, 7) is 10.4. The van der Waals surface area contributed by atoms with Crippen LogP contribution in [-0.2, 0) is 9.59 Å². The number of hydrogen-bond acceptors (Lipinski definition) is 7. The molecule has 3 N–H and O–H groups in total. The molecule has 1 saturated heterocycles. The smallest absolute Gasteiger partial charge is 0.245 e. The fourth-order valence-electron chi connectivity index (χ4n) is 4.79. The molecule has 3 atom stereocenters. The Morgan fingerprint density at radius 1 is 1.26 bits per heavy atom. The SMILES string of the molecule is CCN1CC(=O)Nc2ncnc(NC3CCN(C(=O)C(CNC(C)C)c4ccc(Cl)cc4)C3C)c21. The standard InChI is InChI=1S/C25H34ClN7O2/c1-5-32-13-21(34)31-24-22(32)23(28-14-29-24)30-20-10-11-33(16(20)4)25(35)19(12-27-15(2)3)17-6-8-18(26)9-7-17/h6-9,14-16,19-20,27H,5,10-13H2,1-4H3,(H2,28,29,30,31,34). The average Bonchev–Trinajstić information content (AvgIpc) is 3.19. The lowest BCUT2D eigenvalue weighted by molar-refractivity contribution is -0.133. The molecule has 0 saturated carbocycles. The van der Waals surface area contributed by atoms with Crippen molar-refractivity contribution >= 4 is 40.7 Å². The van der Waals surface area contributed by atoms with Crippen molar-refractivity contribution in [2.24, 2.45) is 0 Å². The molecule has 2 aliphatic rings. The Morgan fingerprint density at radius 2 is 2.00 bits per heavy atom. The van der Waals surface area contributed by atoms with Crippen molar-refractivity contribution in [3.8, 4) is 0 Å². The summed E-state index contributed by atoms with van der Waals surface area (Å²) >= 11 is 6.09. The number of likely N-dealkylation sites (tertiary alicyclic amines) is 1. The van der Waals surface area contributed by atoms with Gasteiger partial charge in [0.15, 0.2) is 11.6 Å². The van der Waals surface area contributed by atoms with Crippen molar-refractivity contribution in [2.45, 2.75) is 58.2 Å². The van der Waals surface area contributed by atoms with Gasteiger partial charge in [-0.2, -0.15) is 0 Å². The normalized spacial score (nSPS) is 20.6. The van der Waals surface area contributed by atoms with E-state index in [1.54, 1.807) is 0 Å². The molecule has 3 unspecified atom stereocenters. The summed E-state index contributed by atoms with van der Waals surface area (Å²) in [5.74, 6) is 0.914. The molecular weight excluding hydrogens is 466 g/mol. The summed E-state index contributed by atoms with van der Waals surface area (Å²) in [7, 11) is 0. The number of likely N-dealkylation sites (N-methyl/N-ethyl adjacent to an activating group) is 1. The number of carbonyl (C=O) groups excluding carboxylic acids is 2. The molecule has 0 bridgehead atoms. The number of amides is 2. The van der Waals surface area contributed by atoms with Crippen LogP contribution in [0.5, 0.6) is 0 Å². The second-order valence-electron chi connectivity index (χ2n) is 9.46. The first-order valence-corrected chi connectivity index (χ1v) is 12.6. The lowest BCUT2D eigenvalue weighted by atomic mass is 9.96. The van der Waals surface area contributed by atoms with Crippen LogP contribution < -0.4 is 20.9 Å². The molecule has 35 heavy (non-hydrogen) atoms. The highest BCUT2D eigenvalue weighted by atomic mass is 35.5. The molecular formula is C25H34ClN7O2. The van der Waals surface area contributed by atoms with Crippen LogP contribution in [0.2, 0.25) is 5.02 Å². The van der Waals surface area contributed by atoms with Crippen LogP contribution in [0.1, 0.15) is 45.6 Å². The fraction of sp³-hybridized carbons (Fsp3) is 0.520. The largest absolute Gasteiger partial charge is 0.363 e. The maximum absolute atomic E-state index is 13.8.